The van der Waals surface area contributed by atoms with E-state index in [1.54, 1.807) is 25.1 Å². The summed E-state index contributed by atoms with van der Waals surface area (Å²) in [5.74, 6) is -1.11. The number of halogens is 4. The molecule has 0 saturated heterocycles. The van der Waals surface area contributed by atoms with Gasteiger partial charge in [-0.2, -0.15) is 13.2 Å². The number of hydrogen-bond acceptors (Lipinski definition) is 4. The molecule has 0 radical (unpaired) electrons. The molecule has 2 aromatic heterocycles. The summed E-state index contributed by atoms with van der Waals surface area (Å²) in [7, 11) is 0. The van der Waals surface area contributed by atoms with Gasteiger partial charge in [0.1, 0.15) is 10.5 Å². The first-order chi connectivity index (χ1) is 11.3. The number of rotatable bonds is 3. The van der Waals surface area contributed by atoms with Gasteiger partial charge in [-0.3, -0.25) is 4.79 Å². The van der Waals surface area contributed by atoms with Crippen LogP contribution in [0.15, 0.2) is 35.1 Å². The van der Waals surface area contributed by atoms with Crippen LogP contribution >= 0.6 is 22.9 Å². The van der Waals surface area contributed by atoms with Gasteiger partial charge in [0.05, 0.1) is 18.4 Å². The van der Waals surface area contributed by atoms with E-state index in [-0.39, 0.29) is 5.13 Å². The summed E-state index contributed by atoms with van der Waals surface area (Å²) in [6, 6.07) is 5.02. The number of nitrogens with one attached hydrogen (secondary N) is 1. The third kappa shape index (κ3) is 3.25. The molecule has 1 atom stereocenters. The number of carbonyl (C=O) groups excluding carboxylic acids is 1. The first kappa shape index (κ1) is 16.8. The van der Waals surface area contributed by atoms with Crippen LogP contribution in [0.4, 0.5) is 18.3 Å². The van der Waals surface area contributed by atoms with Crippen LogP contribution in [0.5, 0.6) is 0 Å². The lowest BCUT2D eigenvalue weighted by Crippen LogP contribution is -2.18. The summed E-state index contributed by atoms with van der Waals surface area (Å²) < 4.78 is 43.1. The first-order valence-corrected chi connectivity index (χ1v) is 7.95. The highest BCUT2D eigenvalue weighted by molar-refractivity contribution is 7.15. The maximum atomic E-state index is 12.6. The molecule has 126 valence electrons. The first-order valence-electron chi connectivity index (χ1n) is 6.76. The minimum Gasteiger partial charge on any atom is -0.464 e. The Morgan fingerprint density at radius 3 is 2.83 bits per heavy atom. The molecule has 2 heterocycles. The topological polar surface area (TPSA) is 55.1 Å². The third-order valence-electron chi connectivity index (χ3n) is 3.44. The van der Waals surface area contributed by atoms with Crippen molar-refractivity contribution in [2.45, 2.75) is 19.0 Å². The van der Waals surface area contributed by atoms with Gasteiger partial charge in [-0.05, 0) is 25.1 Å². The van der Waals surface area contributed by atoms with Gasteiger partial charge >= 0.3 is 6.18 Å². The van der Waals surface area contributed by atoms with E-state index in [0.29, 0.717) is 33.7 Å². The molecule has 9 heteroatoms. The van der Waals surface area contributed by atoms with Gasteiger partial charge in [-0.15, -0.1) is 0 Å². The number of fused-ring (bicyclic) bond motifs is 1. The van der Waals surface area contributed by atoms with Crippen molar-refractivity contribution in [2.24, 2.45) is 0 Å². The number of amides is 1. The molecule has 0 aliphatic heterocycles. The molecule has 0 bridgehead atoms. The summed E-state index contributed by atoms with van der Waals surface area (Å²) >= 11 is 6.26. The van der Waals surface area contributed by atoms with Crippen molar-refractivity contribution >= 4 is 44.9 Å². The highest BCUT2D eigenvalue weighted by Crippen LogP contribution is 2.36. The summed E-state index contributed by atoms with van der Waals surface area (Å²) in [6.45, 7) is 1.63. The smallest absolute Gasteiger partial charge is 0.427 e. The summed E-state index contributed by atoms with van der Waals surface area (Å²) in [5.41, 5.74) is 1.15. The Balaban J connectivity index is 1.80. The van der Waals surface area contributed by atoms with Crippen LogP contribution < -0.4 is 5.32 Å². The fourth-order valence-corrected chi connectivity index (χ4v) is 3.02. The van der Waals surface area contributed by atoms with E-state index in [1.807, 2.05) is 0 Å². The number of nitrogens with zero attached hydrogens (tertiary/aromatic N) is 1. The number of anilines is 1. The third-order valence-corrected chi connectivity index (χ3v) is 4.64. The van der Waals surface area contributed by atoms with Crippen LogP contribution in [0.25, 0.3) is 11.0 Å². The molecule has 3 aromatic rings. The van der Waals surface area contributed by atoms with Gasteiger partial charge in [0.2, 0.25) is 5.91 Å². The molecule has 1 amide bonds. The molecule has 0 spiro atoms. The van der Waals surface area contributed by atoms with Crippen LogP contribution in [0, 0.1) is 0 Å². The lowest BCUT2D eigenvalue weighted by molar-refractivity contribution is -0.134. The highest BCUT2D eigenvalue weighted by Gasteiger charge is 2.33. The zero-order valence-electron chi connectivity index (χ0n) is 12.1. The van der Waals surface area contributed by atoms with Crippen molar-refractivity contribution in [2.75, 3.05) is 5.32 Å². The maximum absolute atomic E-state index is 12.6. The van der Waals surface area contributed by atoms with E-state index < -0.39 is 22.9 Å². The molecule has 0 aliphatic carbocycles. The number of hydrogen-bond donors (Lipinski definition) is 1. The van der Waals surface area contributed by atoms with Crippen LogP contribution in [0.2, 0.25) is 5.02 Å². The SMILES string of the molecule is CC(C(=O)Nc1ncc(C(F)(F)F)s1)c1coc2cc(Cl)ccc12. The van der Waals surface area contributed by atoms with Gasteiger partial charge in [0.25, 0.3) is 0 Å². The van der Waals surface area contributed by atoms with Crippen molar-refractivity contribution < 1.29 is 22.4 Å². The average molecular weight is 375 g/mol. The number of thiazole rings is 1. The molecule has 0 fully saturated rings. The summed E-state index contributed by atoms with van der Waals surface area (Å²) in [6.07, 6.45) is -2.35. The predicted octanol–water partition coefficient (Wildman–Crippen LogP) is 5.30. The standard InChI is InChI=1S/C15H10ClF3N2O2S/c1-7(10-6-23-11-4-8(16)2-3-9(10)11)13(22)21-14-20-5-12(24-14)15(17,18)19/h2-7H,1H3,(H,20,21,22). The van der Waals surface area contributed by atoms with Crippen LogP contribution in [-0.2, 0) is 11.0 Å². The van der Waals surface area contributed by atoms with E-state index in [9.17, 15) is 18.0 Å². The summed E-state index contributed by atoms with van der Waals surface area (Å²) in [4.78, 5) is 15.0. The number of carbonyl (C=O) groups is 1. The second-order valence-corrected chi connectivity index (χ2v) is 6.54. The van der Waals surface area contributed by atoms with Gasteiger partial charge in [-0.25, -0.2) is 4.98 Å². The lowest BCUT2D eigenvalue weighted by Gasteiger charge is -2.09. The fraction of sp³-hybridized carbons (Fsp3) is 0.200. The Hall–Kier alpha value is -2.06. The van der Waals surface area contributed by atoms with Crippen molar-refractivity contribution in [1.29, 1.82) is 0 Å². The number of benzene rings is 1. The van der Waals surface area contributed by atoms with Crippen molar-refractivity contribution in [1.82, 2.24) is 4.98 Å². The van der Waals surface area contributed by atoms with E-state index in [2.05, 4.69) is 10.3 Å². The van der Waals surface area contributed by atoms with Gasteiger partial charge in [0.15, 0.2) is 5.13 Å². The minimum atomic E-state index is -4.48. The van der Waals surface area contributed by atoms with Crippen molar-refractivity contribution in [3.8, 4) is 0 Å². The second kappa shape index (κ2) is 6.10. The van der Waals surface area contributed by atoms with E-state index in [4.69, 9.17) is 16.0 Å². The van der Waals surface area contributed by atoms with E-state index in [1.165, 1.54) is 6.26 Å². The Morgan fingerprint density at radius 1 is 1.42 bits per heavy atom. The quantitative estimate of drug-likeness (QED) is 0.676. The zero-order chi connectivity index (χ0) is 17.5. The Kier molecular flexibility index (Phi) is 4.27. The molecule has 1 unspecified atom stereocenters. The number of furan rings is 1. The summed E-state index contributed by atoms with van der Waals surface area (Å²) in [5, 5.41) is 3.52. The van der Waals surface area contributed by atoms with Gasteiger partial charge in [-0.1, -0.05) is 22.9 Å². The monoisotopic (exact) mass is 374 g/mol. The number of alkyl halides is 3. The maximum Gasteiger partial charge on any atom is 0.427 e. The lowest BCUT2D eigenvalue weighted by atomic mass is 10.00. The molecule has 1 aromatic carbocycles. The fourth-order valence-electron chi connectivity index (χ4n) is 2.18. The molecule has 0 saturated carbocycles. The van der Waals surface area contributed by atoms with Crippen LogP contribution in [0.3, 0.4) is 0 Å². The molecule has 0 aliphatic rings. The molecular weight excluding hydrogens is 365 g/mol. The number of aromatic nitrogens is 1. The Labute approximate surface area is 143 Å². The van der Waals surface area contributed by atoms with E-state index in [0.717, 1.165) is 5.39 Å². The molecule has 24 heavy (non-hydrogen) atoms. The normalized spacial score (nSPS) is 13.2. The van der Waals surface area contributed by atoms with Gasteiger partial charge in [0, 0.05) is 16.0 Å². The van der Waals surface area contributed by atoms with Crippen LogP contribution in [0.1, 0.15) is 23.3 Å². The van der Waals surface area contributed by atoms with Gasteiger partial charge < -0.3 is 9.73 Å². The van der Waals surface area contributed by atoms with Crippen molar-refractivity contribution in [3.05, 3.63) is 46.1 Å². The molecule has 4 nitrogen and oxygen atoms in total. The second-order valence-electron chi connectivity index (χ2n) is 5.07. The largest absolute Gasteiger partial charge is 0.464 e. The zero-order valence-corrected chi connectivity index (χ0v) is 13.7. The highest BCUT2D eigenvalue weighted by atomic mass is 35.5. The Morgan fingerprint density at radius 2 is 2.17 bits per heavy atom. The Bertz CT molecular complexity index is 904. The molecule has 3 rings (SSSR count). The average Bonchev–Trinajstić information content (AvgIpc) is 3.12. The van der Waals surface area contributed by atoms with Crippen molar-refractivity contribution in [3.63, 3.8) is 0 Å². The minimum absolute atomic E-state index is 0.102. The molecular formula is C15H10ClF3N2O2S. The van der Waals surface area contributed by atoms with Crippen LogP contribution in [-0.4, -0.2) is 10.9 Å². The predicted molar refractivity (Wildman–Crippen MR) is 85.4 cm³/mol. The van der Waals surface area contributed by atoms with E-state index >= 15 is 0 Å². The molecule has 1 N–H and O–H groups in total.